The second-order valence-electron chi connectivity index (χ2n) is 3.54. The number of pyridine rings is 1. The number of hydrogen-bond donors (Lipinski definition) is 1. The topological polar surface area (TPSA) is 24.9 Å². The fourth-order valence-electron chi connectivity index (χ4n) is 1.80. The molecule has 1 aliphatic heterocycles. The largest absolute Gasteiger partial charge is 0.310 e. The molecule has 0 saturated carbocycles. The molecule has 0 amide bonds. The van der Waals surface area contributed by atoms with E-state index in [4.69, 9.17) is 11.6 Å². The van der Waals surface area contributed by atoms with Crippen LogP contribution in [0.15, 0.2) is 12.3 Å². The van der Waals surface area contributed by atoms with Gasteiger partial charge in [0, 0.05) is 11.6 Å². The molecule has 0 radical (unpaired) electrons. The van der Waals surface area contributed by atoms with Gasteiger partial charge in [0.15, 0.2) is 0 Å². The minimum Gasteiger partial charge on any atom is -0.310 e. The van der Waals surface area contributed by atoms with Crippen molar-refractivity contribution >= 4 is 11.6 Å². The van der Waals surface area contributed by atoms with E-state index in [1.54, 1.807) is 0 Å². The lowest BCUT2D eigenvalue weighted by Gasteiger charge is -2.24. The first kappa shape index (κ1) is 9.87. The Hall–Kier alpha value is -0.670. The van der Waals surface area contributed by atoms with Gasteiger partial charge in [-0.05, 0) is 25.5 Å². The van der Waals surface area contributed by atoms with Crippen molar-refractivity contribution in [2.45, 2.75) is 25.3 Å². The van der Waals surface area contributed by atoms with Gasteiger partial charge in [-0.3, -0.25) is 0 Å². The summed E-state index contributed by atoms with van der Waals surface area (Å²) in [6.07, 6.45) is 4.49. The summed E-state index contributed by atoms with van der Waals surface area (Å²) in [5, 5.41) is 3.72. The van der Waals surface area contributed by atoms with Gasteiger partial charge in [-0.25, -0.2) is 9.37 Å². The molecule has 1 unspecified atom stereocenters. The summed E-state index contributed by atoms with van der Waals surface area (Å²) in [6, 6.07) is 1.64. The van der Waals surface area contributed by atoms with Gasteiger partial charge in [-0.1, -0.05) is 18.0 Å². The summed E-state index contributed by atoms with van der Waals surface area (Å²) in [6.45, 7) is 0.970. The van der Waals surface area contributed by atoms with Crippen molar-refractivity contribution in [2.24, 2.45) is 0 Å². The zero-order valence-electron chi connectivity index (χ0n) is 7.76. The predicted octanol–water partition coefficient (Wildman–Crippen LogP) is 2.69. The van der Waals surface area contributed by atoms with E-state index in [2.05, 4.69) is 10.3 Å². The van der Waals surface area contributed by atoms with E-state index in [9.17, 15) is 4.39 Å². The minimum absolute atomic E-state index is 0.166. The maximum atomic E-state index is 13.0. The molecule has 1 aromatic heterocycles. The lowest BCUT2D eigenvalue weighted by molar-refractivity contribution is 0.410. The normalized spacial score (nSPS) is 22.3. The Morgan fingerprint density at radius 1 is 1.50 bits per heavy atom. The zero-order valence-corrected chi connectivity index (χ0v) is 8.52. The molecule has 1 saturated heterocycles. The van der Waals surface area contributed by atoms with Crippen molar-refractivity contribution in [3.05, 3.63) is 28.8 Å². The summed E-state index contributed by atoms with van der Waals surface area (Å²) in [7, 11) is 0. The van der Waals surface area contributed by atoms with Crippen LogP contribution in [0.1, 0.15) is 30.9 Å². The fourth-order valence-corrected chi connectivity index (χ4v) is 2.03. The van der Waals surface area contributed by atoms with Crippen LogP contribution >= 0.6 is 11.6 Å². The van der Waals surface area contributed by atoms with Crippen LogP contribution < -0.4 is 5.32 Å². The van der Waals surface area contributed by atoms with Crippen LogP contribution in [0.4, 0.5) is 4.39 Å². The van der Waals surface area contributed by atoms with Gasteiger partial charge in [0.05, 0.1) is 6.20 Å². The maximum Gasteiger partial charge on any atom is 0.141 e. The third-order valence-electron chi connectivity index (χ3n) is 2.52. The van der Waals surface area contributed by atoms with Gasteiger partial charge in [-0.2, -0.15) is 0 Å². The van der Waals surface area contributed by atoms with Crippen molar-refractivity contribution in [3.8, 4) is 0 Å². The van der Waals surface area contributed by atoms with E-state index in [1.165, 1.54) is 12.5 Å². The SMILES string of the molecule is Fc1cnc(Cl)c(C2CCCCN2)c1. The molecule has 0 spiro atoms. The van der Waals surface area contributed by atoms with Crippen LogP contribution in [0.2, 0.25) is 5.15 Å². The Kier molecular flexibility index (Phi) is 2.99. The molecule has 1 aliphatic rings. The second-order valence-corrected chi connectivity index (χ2v) is 3.89. The second kappa shape index (κ2) is 4.24. The molecule has 0 aliphatic carbocycles. The average molecular weight is 215 g/mol. The fraction of sp³-hybridized carbons (Fsp3) is 0.500. The summed E-state index contributed by atoms with van der Waals surface area (Å²) in [4.78, 5) is 3.80. The maximum absolute atomic E-state index is 13.0. The lowest BCUT2D eigenvalue weighted by atomic mass is 9.99. The molecule has 1 N–H and O–H groups in total. The Morgan fingerprint density at radius 2 is 2.36 bits per heavy atom. The third kappa shape index (κ3) is 2.04. The van der Waals surface area contributed by atoms with Crippen molar-refractivity contribution < 1.29 is 4.39 Å². The van der Waals surface area contributed by atoms with E-state index in [-0.39, 0.29) is 11.9 Å². The first-order chi connectivity index (χ1) is 6.77. The highest BCUT2D eigenvalue weighted by atomic mass is 35.5. The molecular formula is C10H12ClFN2. The van der Waals surface area contributed by atoms with Crippen LogP contribution in [0.25, 0.3) is 0 Å². The zero-order chi connectivity index (χ0) is 9.97. The van der Waals surface area contributed by atoms with Crippen LogP contribution in [-0.4, -0.2) is 11.5 Å². The molecule has 1 aromatic rings. The smallest absolute Gasteiger partial charge is 0.141 e. The van der Waals surface area contributed by atoms with Gasteiger partial charge in [-0.15, -0.1) is 0 Å². The summed E-state index contributed by atoms with van der Waals surface area (Å²) >= 11 is 5.91. The predicted molar refractivity (Wildman–Crippen MR) is 53.8 cm³/mol. The van der Waals surface area contributed by atoms with Gasteiger partial charge < -0.3 is 5.32 Å². The molecule has 2 nitrogen and oxygen atoms in total. The average Bonchev–Trinajstić information content (AvgIpc) is 2.23. The van der Waals surface area contributed by atoms with Gasteiger partial charge in [0.25, 0.3) is 0 Å². The number of halogens is 2. The molecule has 2 rings (SSSR count). The van der Waals surface area contributed by atoms with Crippen LogP contribution in [0, 0.1) is 5.82 Å². The summed E-state index contributed by atoms with van der Waals surface area (Å²) in [5.41, 5.74) is 0.784. The molecule has 2 heterocycles. The number of aromatic nitrogens is 1. The Labute approximate surface area is 87.5 Å². The number of hydrogen-bond acceptors (Lipinski definition) is 2. The first-order valence-electron chi connectivity index (χ1n) is 4.81. The molecular weight excluding hydrogens is 203 g/mol. The molecule has 1 fully saturated rings. The van der Waals surface area contributed by atoms with E-state index in [1.807, 2.05) is 0 Å². The molecule has 0 aromatic carbocycles. The van der Waals surface area contributed by atoms with Crippen LogP contribution in [0.3, 0.4) is 0 Å². The van der Waals surface area contributed by atoms with Crippen molar-refractivity contribution in [3.63, 3.8) is 0 Å². The molecule has 0 bridgehead atoms. The highest BCUT2D eigenvalue weighted by molar-refractivity contribution is 6.30. The highest BCUT2D eigenvalue weighted by Gasteiger charge is 2.18. The lowest BCUT2D eigenvalue weighted by Crippen LogP contribution is -2.27. The number of piperidine rings is 1. The van der Waals surface area contributed by atoms with Crippen LogP contribution in [0.5, 0.6) is 0 Å². The van der Waals surface area contributed by atoms with Gasteiger partial charge in [0.2, 0.25) is 0 Å². The molecule has 1 atom stereocenters. The molecule has 4 heteroatoms. The van der Waals surface area contributed by atoms with Crippen molar-refractivity contribution in [2.75, 3.05) is 6.54 Å². The van der Waals surface area contributed by atoms with Crippen molar-refractivity contribution in [1.29, 1.82) is 0 Å². The van der Waals surface area contributed by atoms with E-state index in [0.29, 0.717) is 5.15 Å². The Morgan fingerprint density at radius 3 is 3.07 bits per heavy atom. The van der Waals surface area contributed by atoms with Gasteiger partial charge >= 0.3 is 0 Å². The van der Waals surface area contributed by atoms with Gasteiger partial charge in [0.1, 0.15) is 11.0 Å². The monoisotopic (exact) mass is 214 g/mol. The summed E-state index contributed by atoms with van der Waals surface area (Å²) in [5.74, 6) is -0.322. The Bertz CT molecular complexity index is 324. The number of rotatable bonds is 1. The van der Waals surface area contributed by atoms with E-state index < -0.39 is 0 Å². The van der Waals surface area contributed by atoms with Crippen LogP contribution in [-0.2, 0) is 0 Å². The molecule has 76 valence electrons. The molecule has 14 heavy (non-hydrogen) atoms. The van der Waals surface area contributed by atoms with E-state index in [0.717, 1.165) is 31.1 Å². The minimum atomic E-state index is -0.322. The quantitative estimate of drug-likeness (QED) is 0.728. The summed E-state index contributed by atoms with van der Waals surface area (Å²) < 4.78 is 13.0. The standard InChI is InChI=1S/C10H12ClFN2/c11-10-8(5-7(12)6-14-10)9-3-1-2-4-13-9/h5-6,9,13H,1-4H2. The highest BCUT2D eigenvalue weighted by Crippen LogP contribution is 2.27. The first-order valence-corrected chi connectivity index (χ1v) is 5.19. The Balaban J connectivity index is 2.24. The van der Waals surface area contributed by atoms with E-state index >= 15 is 0 Å². The number of nitrogens with one attached hydrogen (secondary N) is 1. The third-order valence-corrected chi connectivity index (χ3v) is 2.83. The number of nitrogens with zero attached hydrogens (tertiary/aromatic N) is 1. The van der Waals surface area contributed by atoms with Crippen molar-refractivity contribution in [1.82, 2.24) is 10.3 Å².